The number of carbonyl (C=O) groups excluding carboxylic acids is 1. The molecule has 5 nitrogen and oxygen atoms in total. The summed E-state index contributed by atoms with van der Waals surface area (Å²) in [6, 6.07) is 9.67. The monoisotopic (exact) mass is 347 g/mol. The molecule has 0 atom stereocenters. The highest BCUT2D eigenvalue weighted by Crippen LogP contribution is 2.40. The van der Waals surface area contributed by atoms with E-state index >= 15 is 0 Å². The van der Waals surface area contributed by atoms with E-state index in [2.05, 4.69) is 16.4 Å². The van der Waals surface area contributed by atoms with Crippen LogP contribution < -0.4 is 10.9 Å². The fourth-order valence-corrected chi connectivity index (χ4v) is 4.03. The van der Waals surface area contributed by atoms with Crippen molar-refractivity contribution in [3.63, 3.8) is 0 Å². The van der Waals surface area contributed by atoms with Crippen LogP contribution in [0.25, 0.3) is 16.6 Å². The van der Waals surface area contributed by atoms with Gasteiger partial charge >= 0.3 is 0 Å². The fraction of sp³-hybridized carbons (Fsp3) is 0.381. The van der Waals surface area contributed by atoms with Gasteiger partial charge in [0.15, 0.2) is 5.65 Å². The van der Waals surface area contributed by atoms with Crippen LogP contribution in [0.2, 0.25) is 0 Å². The number of carbonyl (C=O) groups is 1. The highest BCUT2D eigenvalue weighted by atomic mass is 16.2. The zero-order valence-electron chi connectivity index (χ0n) is 14.6. The van der Waals surface area contributed by atoms with Crippen molar-refractivity contribution in [2.45, 2.75) is 50.5 Å². The largest absolute Gasteiger partial charge is 0.349 e. The molecular weight excluding hydrogens is 326 g/mol. The van der Waals surface area contributed by atoms with Crippen molar-refractivity contribution in [3.8, 4) is 0 Å². The maximum atomic E-state index is 13.0. The third kappa shape index (κ3) is 2.59. The highest BCUT2D eigenvalue weighted by molar-refractivity contribution is 6.00. The summed E-state index contributed by atoms with van der Waals surface area (Å²) in [5, 5.41) is 3.72. The lowest BCUT2D eigenvalue weighted by atomic mass is 10.1. The van der Waals surface area contributed by atoms with Gasteiger partial charge in [-0.1, -0.05) is 18.9 Å². The van der Waals surface area contributed by atoms with Gasteiger partial charge in [-0.05, 0) is 61.4 Å². The Morgan fingerprint density at radius 2 is 1.92 bits per heavy atom. The summed E-state index contributed by atoms with van der Waals surface area (Å²) in [5.41, 5.74) is 2.65. The number of benzene rings is 1. The maximum absolute atomic E-state index is 13.0. The molecule has 0 radical (unpaired) electrons. The second-order valence-electron chi connectivity index (χ2n) is 7.54. The molecule has 2 fully saturated rings. The molecule has 0 spiro atoms. The molecule has 5 rings (SSSR count). The average Bonchev–Trinajstić information content (AvgIpc) is 3.39. The first-order chi connectivity index (χ1) is 12.7. The standard InChI is InChI=1S/C21H21N3O2/c25-20(22-15-4-1-2-5-15)16-6-3-11-24-19(16)23-18-10-9-14(13-7-8-13)12-17(18)21(24)26/h3,6,9-13,15H,1-2,4-5,7-8H2,(H,22,25). The van der Waals surface area contributed by atoms with E-state index in [-0.39, 0.29) is 17.5 Å². The molecule has 2 aliphatic rings. The summed E-state index contributed by atoms with van der Waals surface area (Å²) in [5.74, 6) is 0.443. The number of hydrogen-bond donors (Lipinski definition) is 1. The zero-order chi connectivity index (χ0) is 17.7. The highest BCUT2D eigenvalue weighted by Gasteiger charge is 2.24. The van der Waals surface area contributed by atoms with Gasteiger partial charge in [0.25, 0.3) is 11.5 Å². The van der Waals surface area contributed by atoms with E-state index in [1.54, 1.807) is 18.3 Å². The molecule has 2 aliphatic carbocycles. The molecule has 2 heterocycles. The maximum Gasteiger partial charge on any atom is 0.265 e. The summed E-state index contributed by atoms with van der Waals surface area (Å²) in [6.07, 6.45) is 8.45. The summed E-state index contributed by atoms with van der Waals surface area (Å²) in [4.78, 5) is 30.4. The fourth-order valence-electron chi connectivity index (χ4n) is 4.03. The Morgan fingerprint density at radius 3 is 2.69 bits per heavy atom. The van der Waals surface area contributed by atoms with Crippen molar-refractivity contribution < 1.29 is 4.79 Å². The normalized spacial score (nSPS) is 17.8. The van der Waals surface area contributed by atoms with Crippen LogP contribution in [0.1, 0.15) is 60.4 Å². The van der Waals surface area contributed by atoms with Crippen molar-refractivity contribution >= 4 is 22.5 Å². The number of amides is 1. The first kappa shape index (κ1) is 15.6. The Bertz CT molecular complexity index is 1080. The molecule has 5 heteroatoms. The number of fused-ring (bicyclic) bond motifs is 2. The molecule has 1 N–H and O–H groups in total. The van der Waals surface area contributed by atoms with Crippen molar-refractivity contribution in [1.82, 2.24) is 14.7 Å². The van der Waals surface area contributed by atoms with E-state index in [0.29, 0.717) is 28.0 Å². The van der Waals surface area contributed by atoms with Crippen molar-refractivity contribution in [3.05, 3.63) is 58.0 Å². The molecule has 1 amide bonds. The minimum absolute atomic E-state index is 0.108. The molecule has 132 valence electrons. The van der Waals surface area contributed by atoms with E-state index in [4.69, 9.17) is 0 Å². The van der Waals surface area contributed by atoms with Crippen LogP contribution in [0.3, 0.4) is 0 Å². The molecule has 0 aliphatic heterocycles. The van der Waals surface area contributed by atoms with Crippen molar-refractivity contribution in [2.24, 2.45) is 0 Å². The smallest absolute Gasteiger partial charge is 0.265 e. The van der Waals surface area contributed by atoms with Gasteiger partial charge in [-0.25, -0.2) is 4.98 Å². The van der Waals surface area contributed by atoms with Gasteiger partial charge in [0.1, 0.15) is 0 Å². The quantitative estimate of drug-likeness (QED) is 0.739. The van der Waals surface area contributed by atoms with Crippen LogP contribution in [0.5, 0.6) is 0 Å². The van der Waals surface area contributed by atoms with E-state index in [1.165, 1.54) is 22.8 Å². The second kappa shape index (κ2) is 5.94. The molecule has 2 saturated carbocycles. The van der Waals surface area contributed by atoms with Crippen LogP contribution in [-0.4, -0.2) is 21.3 Å². The van der Waals surface area contributed by atoms with Crippen LogP contribution in [0.4, 0.5) is 0 Å². The van der Waals surface area contributed by atoms with Crippen LogP contribution in [0, 0.1) is 0 Å². The molecule has 26 heavy (non-hydrogen) atoms. The van der Waals surface area contributed by atoms with Crippen LogP contribution in [0.15, 0.2) is 41.3 Å². The Morgan fingerprint density at radius 1 is 1.12 bits per heavy atom. The Kier molecular flexibility index (Phi) is 3.55. The first-order valence-electron chi connectivity index (χ1n) is 9.46. The molecule has 3 aromatic rings. The van der Waals surface area contributed by atoms with Gasteiger partial charge in [-0.2, -0.15) is 0 Å². The zero-order valence-corrected chi connectivity index (χ0v) is 14.6. The number of pyridine rings is 1. The van der Waals surface area contributed by atoms with Crippen LogP contribution >= 0.6 is 0 Å². The van der Waals surface area contributed by atoms with Crippen LogP contribution in [-0.2, 0) is 0 Å². The first-order valence-corrected chi connectivity index (χ1v) is 9.46. The molecule has 0 bridgehead atoms. The molecule has 0 unspecified atom stereocenters. The Balaban J connectivity index is 1.63. The number of nitrogens with zero attached hydrogens (tertiary/aromatic N) is 2. The predicted octanol–water partition coefficient (Wildman–Crippen LogP) is 3.40. The Hall–Kier alpha value is -2.69. The number of hydrogen-bond acceptors (Lipinski definition) is 3. The van der Waals surface area contributed by atoms with E-state index < -0.39 is 0 Å². The second-order valence-corrected chi connectivity index (χ2v) is 7.54. The minimum atomic E-state index is -0.143. The van der Waals surface area contributed by atoms with E-state index in [1.807, 2.05) is 12.1 Å². The van der Waals surface area contributed by atoms with Gasteiger partial charge in [0, 0.05) is 12.2 Å². The predicted molar refractivity (Wildman–Crippen MR) is 101 cm³/mol. The van der Waals surface area contributed by atoms with Crippen molar-refractivity contribution in [1.29, 1.82) is 0 Å². The van der Waals surface area contributed by atoms with Crippen molar-refractivity contribution in [2.75, 3.05) is 0 Å². The summed E-state index contributed by atoms with van der Waals surface area (Å²) >= 11 is 0. The molecule has 0 saturated heterocycles. The Labute approximate surface area is 151 Å². The average molecular weight is 347 g/mol. The molecule has 2 aromatic heterocycles. The van der Waals surface area contributed by atoms with Gasteiger partial charge < -0.3 is 5.32 Å². The third-order valence-corrected chi connectivity index (χ3v) is 5.65. The van der Waals surface area contributed by atoms with Gasteiger partial charge in [0.2, 0.25) is 0 Å². The van der Waals surface area contributed by atoms with Gasteiger partial charge in [-0.3, -0.25) is 14.0 Å². The molecule has 1 aromatic carbocycles. The third-order valence-electron chi connectivity index (χ3n) is 5.65. The van der Waals surface area contributed by atoms with Gasteiger partial charge in [0.05, 0.1) is 16.5 Å². The topological polar surface area (TPSA) is 63.5 Å². The summed E-state index contributed by atoms with van der Waals surface area (Å²) in [6.45, 7) is 0. The molecular formula is C21H21N3O2. The number of nitrogens with one attached hydrogen (secondary N) is 1. The van der Waals surface area contributed by atoms with E-state index in [9.17, 15) is 9.59 Å². The summed E-state index contributed by atoms with van der Waals surface area (Å²) in [7, 11) is 0. The SMILES string of the molecule is O=C(NC1CCCC1)c1cccn2c(=O)c3cc(C4CC4)ccc3nc12. The number of aromatic nitrogens is 2. The summed E-state index contributed by atoms with van der Waals surface area (Å²) < 4.78 is 1.50. The van der Waals surface area contributed by atoms with E-state index in [0.717, 1.165) is 25.7 Å². The lowest BCUT2D eigenvalue weighted by Crippen LogP contribution is -2.33. The minimum Gasteiger partial charge on any atom is -0.349 e. The lowest BCUT2D eigenvalue weighted by molar-refractivity contribution is 0.0939. The van der Waals surface area contributed by atoms with Gasteiger partial charge in [-0.15, -0.1) is 0 Å². The lowest BCUT2D eigenvalue weighted by Gasteiger charge is -2.13. The number of rotatable bonds is 3.